The van der Waals surface area contributed by atoms with Crippen LogP contribution >= 0.6 is 0 Å². The van der Waals surface area contributed by atoms with Crippen LogP contribution in [0.4, 0.5) is 0 Å². The van der Waals surface area contributed by atoms with Gasteiger partial charge in [-0.3, -0.25) is 0 Å². The summed E-state index contributed by atoms with van der Waals surface area (Å²) in [6.45, 7) is 9.71. The summed E-state index contributed by atoms with van der Waals surface area (Å²) >= 11 is 0. The maximum absolute atomic E-state index is 2.61. The molecule has 0 spiro atoms. The van der Waals surface area contributed by atoms with Crippen LogP contribution in [0, 0.1) is 29.6 Å². The molecular formula is C17H30. The standard InChI is InChI=1S/C17H30/c1-5-13(3)14(4)16-9-8-15-7-6-12(2)10-17(15)11-16/h8,12-14,16-17H,5-7,9-11H2,1-4H3. The molecule has 0 aromatic rings. The van der Waals surface area contributed by atoms with E-state index in [1.165, 1.54) is 38.5 Å². The lowest BCUT2D eigenvalue weighted by atomic mass is 9.66. The number of hydrogen-bond acceptors (Lipinski definition) is 0. The van der Waals surface area contributed by atoms with Crippen LogP contribution in [-0.4, -0.2) is 0 Å². The fraction of sp³-hybridized carbons (Fsp3) is 0.882. The molecule has 0 nitrogen and oxygen atoms in total. The van der Waals surface area contributed by atoms with Gasteiger partial charge in [-0.05, 0) is 61.7 Å². The van der Waals surface area contributed by atoms with Crippen LogP contribution in [0.1, 0.15) is 66.2 Å². The van der Waals surface area contributed by atoms with E-state index >= 15 is 0 Å². The van der Waals surface area contributed by atoms with Crippen molar-refractivity contribution in [2.24, 2.45) is 29.6 Å². The van der Waals surface area contributed by atoms with Gasteiger partial charge in [-0.2, -0.15) is 0 Å². The van der Waals surface area contributed by atoms with Crippen LogP contribution in [0.5, 0.6) is 0 Å². The van der Waals surface area contributed by atoms with Crippen LogP contribution in [0.15, 0.2) is 11.6 Å². The second-order valence-corrected chi connectivity index (χ2v) is 6.83. The fourth-order valence-electron chi connectivity index (χ4n) is 3.92. The molecule has 1 saturated carbocycles. The molecule has 0 aromatic heterocycles. The lowest BCUT2D eigenvalue weighted by molar-refractivity contribution is 0.190. The predicted molar refractivity (Wildman–Crippen MR) is 75.9 cm³/mol. The number of rotatable bonds is 3. The predicted octanol–water partition coefficient (Wildman–Crippen LogP) is 5.44. The Morgan fingerprint density at radius 3 is 2.76 bits per heavy atom. The first-order chi connectivity index (χ1) is 8.11. The zero-order valence-electron chi connectivity index (χ0n) is 12.2. The fourth-order valence-corrected chi connectivity index (χ4v) is 3.92. The maximum atomic E-state index is 2.61. The van der Waals surface area contributed by atoms with E-state index in [4.69, 9.17) is 0 Å². The smallest absolute Gasteiger partial charge is 0.0198 e. The highest BCUT2D eigenvalue weighted by Gasteiger charge is 2.32. The molecule has 0 radical (unpaired) electrons. The summed E-state index contributed by atoms with van der Waals surface area (Å²) in [5.41, 5.74) is 1.82. The highest BCUT2D eigenvalue weighted by Crippen LogP contribution is 2.44. The molecule has 0 heterocycles. The van der Waals surface area contributed by atoms with Crippen molar-refractivity contribution in [2.45, 2.75) is 66.2 Å². The zero-order valence-corrected chi connectivity index (χ0v) is 12.2. The minimum atomic E-state index is 0.899. The van der Waals surface area contributed by atoms with Crippen molar-refractivity contribution in [1.82, 2.24) is 0 Å². The Morgan fingerprint density at radius 1 is 1.29 bits per heavy atom. The first kappa shape index (κ1) is 13.2. The van der Waals surface area contributed by atoms with Gasteiger partial charge in [-0.25, -0.2) is 0 Å². The summed E-state index contributed by atoms with van der Waals surface area (Å²) in [6, 6.07) is 0. The topological polar surface area (TPSA) is 0 Å². The molecule has 98 valence electrons. The summed E-state index contributed by atoms with van der Waals surface area (Å²) in [5, 5.41) is 0. The average Bonchev–Trinajstić information content (AvgIpc) is 2.36. The Kier molecular flexibility index (Phi) is 4.33. The summed E-state index contributed by atoms with van der Waals surface area (Å²) < 4.78 is 0. The van der Waals surface area contributed by atoms with Gasteiger partial charge >= 0.3 is 0 Å². The molecule has 0 bridgehead atoms. The third-order valence-electron chi connectivity index (χ3n) is 5.69. The van der Waals surface area contributed by atoms with Gasteiger partial charge in [-0.15, -0.1) is 0 Å². The minimum Gasteiger partial charge on any atom is -0.0848 e. The number of fused-ring (bicyclic) bond motifs is 1. The summed E-state index contributed by atoms with van der Waals surface area (Å²) in [5.74, 6) is 4.69. The van der Waals surface area contributed by atoms with Crippen molar-refractivity contribution in [3.63, 3.8) is 0 Å². The van der Waals surface area contributed by atoms with Crippen LogP contribution in [-0.2, 0) is 0 Å². The monoisotopic (exact) mass is 234 g/mol. The van der Waals surface area contributed by atoms with Crippen molar-refractivity contribution >= 4 is 0 Å². The Labute approximate surface area is 108 Å². The first-order valence-corrected chi connectivity index (χ1v) is 7.80. The zero-order chi connectivity index (χ0) is 12.4. The van der Waals surface area contributed by atoms with Gasteiger partial charge in [0.05, 0.1) is 0 Å². The Hall–Kier alpha value is -0.260. The second kappa shape index (κ2) is 5.59. The lowest BCUT2D eigenvalue weighted by Crippen LogP contribution is -2.28. The highest BCUT2D eigenvalue weighted by molar-refractivity contribution is 5.14. The second-order valence-electron chi connectivity index (χ2n) is 6.83. The maximum Gasteiger partial charge on any atom is -0.0198 e. The van der Waals surface area contributed by atoms with E-state index in [1.54, 1.807) is 0 Å². The van der Waals surface area contributed by atoms with Crippen molar-refractivity contribution < 1.29 is 0 Å². The summed E-state index contributed by atoms with van der Waals surface area (Å²) in [4.78, 5) is 0. The van der Waals surface area contributed by atoms with Gasteiger partial charge in [0, 0.05) is 0 Å². The Balaban J connectivity index is 1.99. The van der Waals surface area contributed by atoms with E-state index in [-0.39, 0.29) is 0 Å². The first-order valence-electron chi connectivity index (χ1n) is 7.80. The molecular weight excluding hydrogens is 204 g/mol. The molecule has 1 fully saturated rings. The highest BCUT2D eigenvalue weighted by atomic mass is 14.4. The molecule has 0 N–H and O–H groups in total. The molecule has 0 amide bonds. The molecule has 0 aromatic carbocycles. The Morgan fingerprint density at radius 2 is 2.06 bits per heavy atom. The van der Waals surface area contributed by atoms with Gasteiger partial charge in [0.2, 0.25) is 0 Å². The van der Waals surface area contributed by atoms with Gasteiger partial charge in [0.25, 0.3) is 0 Å². The van der Waals surface area contributed by atoms with Gasteiger partial charge in [0.1, 0.15) is 0 Å². The minimum absolute atomic E-state index is 0.899. The molecule has 0 heteroatoms. The number of hydrogen-bond donors (Lipinski definition) is 0. The van der Waals surface area contributed by atoms with E-state index in [0.717, 1.165) is 29.6 Å². The van der Waals surface area contributed by atoms with Crippen LogP contribution in [0.2, 0.25) is 0 Å². The SMILES string of the molecule is CCC(C)C(C)C1CC=C2CCC(C)CC2C1. The molecule has 0 saturated heterocycles. The van der Waals surface area contributed by atoms with E-state index in [9.17, 15) is 0 Å². The lowest BCUT2D eigenvalue weighted by Gasteiger charge is -2.39. The Bertz CT molecular complexity index is 276. The van der Waals surface area contributed by atoms with E-state index in [1.807, 2.05) is 5.57 Å². The molecule has 2 aliphatic carbocycles. The van der Waals surface area contributed by atoms with Crippen molar-refractivity contribution in [3.05, 3.63) is 11.6 Å². The summed E-state index contributed by atoms with van der Waals surface area (Å²) in [7, 11) is 0. The van der Waals surface area contributed by atoms with Gasteiger partial charge in [-0.1, -0.05) is 45.8 Å². The molecule has 0 aliphatic heterocycles. The van der Waals surface area contributed by atoms with E-state index < -0.39 is 0 Å². The molecule has 17 heavy (non-hydrogen) atoms. The number of allylic oxidation sites excluding steroid dienone is 2. The van der Waals surface area contributed by atoms with Crippen molar-refractivity contribution in [2.75, 3.05) is 0 Å². The van der Waals surface area contributed by atoms with Gasteiger partial charge in [0.15, 0.2) is 0 Å². The quantitative estimate of drug-likeness (QED) is 0.570. The van der Waals surface area contributed by atoms with Crippen molar-refractivity contribution in [3.8, 4) is 0 Å². The van der Waals surface area contributed by atoms with Gasteiger partial charge < -0.3 is 0 Å². The van der Waals surface area contributed by atoms with Crippen LogP contribution < -0.4 is 0 Å². The van der Waals surface area contributed by atoms with E-state index in [2.05, 4.69) is 33.8 Å². The van der Waals surface area contributed by atoms with Crippen molar-refractivity contribution in [1.29, 1.82) is 0 Å². The molecule has 5 unspecified atom stereocenters. The van der Waals surface area contributed by atoms with Crippen LogP contribution in [0.3, 0.4) is 0 Å². The molecule has 2 rings (SSSR count). The molecule has 5 atom stereocenters. The third-order valence-corrected chi connectivity index (χ3v) is 5.69. The molecule has 2 aliphatic rings. The average molecular weight is 234 g/mol. The third kappa shape index (κ3) is 2.95. The normalized spacial score (nSPS) is 36.9. The largest absolute Gasteiger partial charge is 0.0848 e. The van der Waals surface area contributed by atoms with Crippen LogP contribution in [0.25, 0.3) is 0 Å². The van der Waals surface area contributed by atoms with E-state index in [0.29, 0.717) is 0 Å². The summed E-state index contributed by atoms with van der Waals surface area (Å²) in [6.07, 6.45) is 11.1.